The van der Waals surface area contributed by atoms with Crippen LogP contribution in [0.3, 0.4) is 0 Å². The van der Waals surface area contributed by atoms with Crippen LogP contribution >= 0.6 is 0 Å². The third kappa shape index (κ3) is 3.14. The summed E-state index contributed by atoms with van der Waals surface area (Å²) in [5.74, 6) is 2.30. The van der Waals surface area contributed by atoms with Crippen LogP contribution in [0.25, 0.3) is 0 Å². The number of rotatable bonds is 6. The normalized spacial score (nSPS) is 34.6. The van der Waals surface area contributed by atoms with Crippen molar-refractivity contribution in [1.29, 1.82) is 0 Å². The van der Waals surface area contributed by atoms with E-state index in [0.717, 1.165) is 44.2 Å². The highest BCUT2D eigenvalue weighted by atomic mass is 16.2. The van der Waals surface area contributed by atoms with Gasteiger partial charge in [0.2, 0.25) is 11.8 Å². The molecule has 4 nitrogen and oxygen atoms in total. The molecule has 4 bridgehead atoms. The van der Waals surface area contributed by atoms with Crippen molar-refractivity contribution in [3.8, 4) is 0 Å². The third-order valence-electron chi connectivity index (χ3n) is 6.74. The Morgan fingerprint density at radius 1 is 0.696 bits per heavy atom. The lowest BCUT2D eigenvalue weighted by Gasteiger charge is -2.27. The molecule has 2 aliphatic heterocycles. The van der Waals surface area contributed by atoms with Crippen molar-refractivity contribution in [3.63, 3.8) is 0 Å². The second kappa shape index (κ2) is 6.45. The molecule has 0 radical (unpaired) electrons. The van der Waals surface area contributed by atoms with Crippen LogP contribution in [0.4, 0.5) is 0 Å². The van der Waals surface area contributed by atoms with Crippen molar-refractivity contribution in [2.45, 2.75) is 82.7 Å². The fourth-order valence-electron chi connectivity index (χ4n) is 5.48. The number of likely N-dealkylation sites (tertiary alicyclic amines) is 2. The molecule has 0 spiro atoms. The first-order valence-corrected chi connectivity index (χ1v) is 9.79. The summed E-state index contributed by atoms with van der Waals surface area (Å²) in [6, 6.07) is 1.11. The number of unbranched alkanes of at least 4 members (excludes halogenated alkanes) is 2. The number of carbonyl (C=O) groups excluding carboxylic acids is 2. The molecule has 0 aromatic carbocycles. The van der Waals surface area contributed by atoms with Gasteiger partial charge in [-0.2, -0.15) is 0 Å². The molecule has 2 saturated carbocycles. The Bertz CT molecular complexity index is 436. The van der Waals surface area contributed by atoms with E-state index in [1.807, 2.05) is 0 Å². The predicted octanol–water partition coefficient (Wildman–Crippen LogP) is 2.96. The third-order valence-corrected chi connectivity index (χ3v) is 6.74. The van der Waals surface area contributed by atoms with Gasteiger partial charge in [0.1, 0.15) is 0 Å². The quantitative estimate of drug-likeness (QED) is 0.707. The number of piperidine rings is 2. The van der Waals surface area contributed by atoms with Crippen LogP contribution in [0.1, 0.15) is 70.6 Å². The van der Waals surface area contributed by atoms with Gasteiger partial charge >= 0.3 is 0 Å². The largest absolute Gasteiger partial charge is 0.339 e. The highest BCUT2D eigenvalue weighted by molar-refractivity contribution is 5.77. The van der Waals surface area contributed by atoms with Gasteiger partial charge < -0.3 is 9.80 Å². The average Bonchev–Trinajstić information content (AvgIpc) is 3.33. The molecule has 4 atom stereocenters. The number of hydrogen-bond acceptors (Lipinski definition) is 2. The first-order valence-electron chi connectivity index (χ1n) is 9.79. The Hall–Kier alpha value is -1.06. The van der Waals surface area contributed by atoms with Crippen molar-refractivity contribution in [2.24, 2.45) is 11.8 Å². The molecule has 0 aromatic heterocycles. The summed E-state index contributed by atoms with van der Waals surface area (Å²) < 4.78 is 0. The molecule has 4 aliphatic rings. The minimum atomic E-state index is 0.361. The van der Waals surface area contributed by atoms with E-state index >= 15 is 0 Å². The molecule has 23 heavy (non-hydrogen) atoms. The molecular formula is C19H30N2O2. The monoisotopic (exact) mass is 318 g/mol. The summed E-state index contributed by atoms with van der Waals surface area (Å²) in [7, 11) is 0. The number of amides is 2. The Kier molecular flexibility index (Phi) is 4.33. The molecule has 4 heteroatoms. The Morgan fingerprint density at radius 2 is 1.17 bits per heavy atom. The summed E-state index contributed by atoms with van der Waals surface area (Å²) >= 11 is 0. The van der Waals surface area contributed by atoms with Gasteiger partial charge in [0.15, 0.2) is 0 Å². The second-order valence-corrected chi connectivity index (χ2v) is 8.32. The molecule has 4 rings (SSSR count). The van der Waals surface area contributed by atoms with Gasteiger partial charge in [0, 0.05) is 38.0 Å². The Balaban J connectivity index is 1.10. The van der Waals surface area contributed by atoms with E-state index in [4.69, 9.17) is 0 Å². The lowest BCUT2D eigenvalue weighted by Crippen LogP contribution is -2.37. The van der Waals surface area contributed by atoms with E-state index in [1.165, 1.54) is 38.5 Å². The van der Waals surface area contributed by atoms with E-state index in [0.29, 0.717) is 36.7 Å². The van der Waals surface area contributed by atoms with Crippen molar-refractivity contribution < 1.29 is 9.59 Å². The molecule has 0 aromatic rings. The van der Waals surface area contributed by atoms with Gasteiger partial charge in [-0.15, -0.1) is 0 Å². The van der Waals surface area contributed by atoms with Crippen LogP contribution in [0.2, 0.25) is 0 Å². The molecule has 2 heterocycles. The number of nitrogens with zero attached hydrogens (tertiary/aromatic N) is 2. The molecule has 0 N–H and O–H groups in total. The van der Waals surface area contributed by atoms with E-state index < -0.39 is 0 Å². The zero-order valence-corrected chi connectivity index (χ0v) is 14.2. The van der Waals surface area contributed by atoms with Crippen molar-refractivity contribution in [3.05, 3.63) is 0 Å². The van der Waals surface area contributed by atoms with Crippen LogP contribution in [-0.2, 0) is 9.59 Å². The maximum absolute atomic E-state index is 12.3. The van der Waals surface area contributed by atoms with Crippen molar-refractivity contribution in [2.75, 3.05) is 13.1 Å². The zero-order valence-electron chi connectivity index (χ0n) is 14.2. The van der Waals surface area contributed by atoms with Crippen LogP contribution in [-0.4, -0.2) is 46.8 Å². The fraction of sp³-hybridized carbons (Fsp3) is 0.895. The van der Waals surface area contributed by atoms with Crippen molar-refractivity contribution >= 4 is 11.8 Å². The SMILES string of the molecule is O=C(CCCCCC(=O)N1C[C@H]2CC[C@H]1C2)N1C[C@H]2CC[C@H]1C2. The van der Waals surface area contributed by atoms with E-state index in [2.05, 4.69) is 9.80 Å². The van der Waals surface area contributed by atoms with Gasteiger partial charge in [-0.1, -0.05) is 6.42 Å². The average molecular weight is 318 g/mol. The zero-order chi connectivity index (χ0) is 15.8. The number of fused-ring (bicyclic) bond motifs is 4. The standard InChI is InChI=1S/C19H30N2O2/c22-18(20-12-14-6-8-16(20)10-14)4-2-1-3-5-19(23)21-13-15-7-9-17(21)11-15/h14-17H,1-13H2/t14-,15-,16-,17-/m0/s1. The Labute approximate surface area is 139 Å². The van der Waals surface area contributed by atoms with E-state index in [-0.39, 0.29) is 0 Å². The maximum Gasteiger partial charge on any atom is 0.222 e. The fourth-order valence-corrected chi connectivity index (χ4v) is 5.48. The van der Waals surface area contributed by atoms with Gasteiger partial charge in [0.05, 0.1) is 0 Å². The molecule has 0 unspecified atom stereocenters. The van der Waals surface area contributed by atoms with Crippen LogP contribution in [0.15, 0.2) is 0 Å². The molecule has 128 valence electrons. The first-order chi connectivity index (χ1) is 11.2. The maximum atomic E-state index is 12.3. The highest BCUT2D eigenvalue weighted by Gasteiger charge is 2.40. The van der Waals surface area contributed by atoms with Gasteiger partial charge in [-0.05, 0) is 63.2 Å². The second-order valence-electron chi connectivity index (χ2n) is 8.32. The minimum absolute atomic E-state index is 0.361. The van der Waals surface area contributed by atoms with Gasteiger partial charge in [-0.3, -0.25) is 9.59 Å². The topological polar surface area (TPSA) is 40.6 Å². The smallest absolute Gasteiger partial charge is 0.222 e. The minimum Gasteiger partial charge on any atom is -0.339 e. The highest BCUT2D eigenvalue weighted by Crippen LogP contribution is 2.38. The lowest BCUT2D eigenvalue weighted by molar-refractivity contribution is -0.133. The number of hydrogen-bond donors (Lipinski definition) is 0. The van der Waals surface area contributed by atoms with E-state index in [9.17, 15) is 9.59 Å². The van der Waals surface area contributed by atoms with Gasteiger partial charge in [-0.25, -0.2) is 0 Å². The first kappa shape index (κ1) is 15.5. The van der Waals surface area contributed by atoms with E-state index in [1.54, 1.807) is 0 Å². The molecule has 2 amide bonds. The summed E-state index contributed by atoms with van der Waals surface area (Å²) in [5.41, 5.74) is 0. The summed E-state index contributed by atoms with van der Waals surface area (Å²) in [6.45, 7) is 2.03. The Morgan fingerprint density at radius 3 is 1.52 bits per heavy atom. The van der Waals surface area contributed by atoms with Crippen LogP contribution < -0.4 is 0 Å². The summed E-state index contributed by atoms with van der Waals surface area (Å²) in [6.07, 6.45) is 11.9. The van der Waals surface area contributed by atoms with Crippen LogP contribution in [0.5, 0.6) is 0 Å². The molecule has 2 aliphatic carbocycles. The van der Waals surface area contributed by atoms with Gasteiger partial charge in [0.25, 0.3) is 0 Å². The summed E-state index contributed by atoms with van der Waals surface area (Å²) in [5, 5.41) is 0. The molecular weight excluding hydrogens is 288 g/mol. The van der Waals surface area contributed by atoms with Crippen LogP contribution in [0, 0.1) is 11.8 Å². The number of carbonyl (C=O) groups is 2. The van der Waals surface area contributed by atoms with Crippen molar-refractivity contribution in [1.82, 2.24) is 9.80 Å². The predicted molar refractivity (Wildman–Crippen MR) is 88.8 cm³/mol. The summed E-state index contributed by atoms with van der Waals surface area (Å²) in [4.78, 5) is 28.8. The lowest BCUT2D eigenvalue weighted by atomic mass is 10.1. The molecule has 4 fully saturated rings. The molecule has 2 saturated heterocycles.